The molecule has 1 heterocycles. The number of piperazine rings is 1. The number of phenols is 2. The van der Waals surface area contributed by atoms with E-state index in [-0.39, 0.29) is 17.2 Å². The average molecular weight is 294 g/mol. The Labute approximate surface area is 122 Å². The van der Waals surface area contributed by atoms with E-state index in [4.69, 9.17) is 5.11 Å². The molecule has 1 saturated heterocycles. The first-order valence-corrected chi connectivity index (χ1v) is 6.69. The number of hydrogen-bond donors (Lipinski definition) is 3. The number of carboxylic acid groups (broad SMARTS) is 1. The van der Waals surface area contributed by atoms with Crippen molar-refractivity contribution >= 4 is 11.9 Å². The Hall–Kier alpha value is -2.28. The van der Waals surface area contributed by atoms with Crippen molar-refractivity contribution in [3.8, 4) is 11.5 Å². The third kappa shape index (κ3) is 3.08. The Bertz CT molecular complexity index is 552. The zero-order chi connectivity index (χ0) is 15.6. The number of nitrogens with zero attached hydrogens (tertiary/aromatic N) is 2. The van der Waals surface area contributed by atoms with E-state index < -0.39 is 17.8 Å². The van der Waals surface area contributed by atoms with Gasteiger partial charge in [-0.2, -0.15) is 0 Å². The first-order valence-electron chi connectivity index (χ1n) is 6.69. The highest BCUT2D eigenvalue weighted by atomic mass is 16.4. The number of benzene rings is 1. The molecular weight excluding hydrogens is 276 g/mol. The standard InChI is InChI=1S/C14H18N2O5/c1-9(14(20)21)15-5-7-16(8-6-15)13(19)10-3-2-4-11(17)12(10)18/h2-4,9,17-18H,5-8H2,1H3,(H,20,21). The van der Waals surface area contributed by atoms with Gasteiger partial charge >= 0.3 is 5.97 Å². The first kappa shape index (κ1) is 15.1. The van der Waals surface area contributed by atoms with Gasteiger partial charge in [-0.05, 0) is 19.1 Å². The summed E-state index contributed by atoms with van der Waals surface area (Å²) in [5.74, 6) is -2.02. The van der Waals surface area contributed by atoms with Gasteiger partial charge in [-0.25, -0.2) is 0 Å². The van der Waals surface area contributed by atoms with Crippen LogP contribution >= 0.6 is 0 Å². The predicted molar refractivity (Wildman–Crippen MR) is 74.3 cm³/mol. The van der Waals surface area contributed by atoms with Crippen LogP contribution in [0.5, 0.6) is 11.5 Å². The van der Waals surface area contributed by atoms with E-state index in [1.54, 1.807) is 16.7 Å². The van der Waals surface area contributed by atoms with E-state index in [1.807, 2.05) is 0 Å². The summed E-state index contributed by atoms with van der Waals surface area (Å²) < 4.78 is 0. The molecule has 0 bridgehead atoms. The van der Waals surface area contributed by atoms with Crippen molar-refractivity contribution in [1.82, 2.24) is 9.80 Å². The molecular formula is C14H18N2O5. The van der Waals surface area contributed by atoms with Crippen LogP contribution in [-0.4, -0.2) is 69.2 Å². The monoisotopic (exact) mass is 294 g/mol. The van der Waals surface area contributed by atoms with E-state index in [2.05, 4.69) is 0 Å². The molecule has 1 unspecified atom stereocenters. The molecule has 0 radical (unpaired) electrons. The second kappa shape index (κ2) is 6.01. The van der Waals surface area contributed by atoms with Crippen molar-refractivity contribution in [2.24, 2.45) is 0 Å². The van der Waals surface area contributed by atoms with Gasteiger partial charge in [-0.1, -0.05) is 6.07 Å². The molecule has 1 fully saturated rings. The zero-order valence-electron chi connectivity index (χ0n) is 11.7. The summed E-state index contributed by atoms with van der Waals surface area (Å²) in [6, 6.07) is 3.66. The fraction of sp³-hybridized carbons (Fsp3) is 0.429. The lowest BCUT2D eigenvalue weighted by atomic mass is 10.1. The van der Waals surface area contributed by atoms with Crippen molar-refractivity contribution < 1.29 is 24.9 Å². The number of rotatable bonds is 3. The zero-order valence-corrected chi connectivity index (χ0v) is 11.7. The lowest BCUT2D eigenvalue weighted by Crippen LogP contribution is -2.53. The van der Waals surface area contributed by atoms with E-state index in [0.29, 0.717) is 26.2 Å². The Morgan fingerprint density at radius 1 is 1.14 bits per heavy atom. The molecule has 3 N–H and O–H groups in total. The molecule has 114 valence electrons. The molecule has 1 aromatic rings. The summed E-state index contributed by atoms with van der Waals surface area (Å²) in [5, 5.41) is 28.1. The van der Waals surface area contributed by atoms with Gasteiger partial charge in [0.15, 0.2) is 11.5 Å². The van der Waals surface area contributed by atoms with Gasteiger partial charge < -0.3 is 20.2 Å². The first-order chi connectivity index (χ1) is 9.91. The second-order valence-electron chi connectivity index (χ2n) is 5.02. The largest absolute Gasteiger partial charge is 0.504 e. The van der Waals surface area contributed by atoms with Gasteiger partial charge in [0.25, 0.3) is 5.91 Å². The molecule has 1 amide bonds. The van der Waals surface area contributed by atoms with Crippen LogP contribution in [0.25, 0.3) is 0 Å². The third-order valence-electron chi connectivity index (χ3n) is 3.75. The van der Waals surface area contributed by atoms with Crippen molar-refractivity contribution in [1.29, 1.82) is 0 Å². The fourth-order valence-electron chi connectivity index (χ4n) is 2.34. The van der Waals surface area contributed by atoms with Crippen molar-refractivity contribution in [2.45, 2.75) is 13.0 Å². The Balaban J connectivity index is 2.04. The number of aliphatic carboxylic acids is 1. The Kier molecular flexibility index (Phi) is 4.32. The maximum atomic E-state index is 12.3. The minimum Gasteiger partial charge on any atom is -0.504 e. The quantitative estimate of drug-likeness (QED) is 0.694. The summed E-state index contributed by atoms with van der Waals surface area (Å²) in [5.41, 5.74) is 0.0507. The Morgan fingerprint density at radius 2 is 1.76 bits per heavy atom. The minimum absolute atomic E-state index is 0.0507. The normalized spacial score (nSPS) is 17.5. The molecule has 1 aliphatic heterocycles. The molecule has 0 aliphatic carbocycles. The highest BCUT2D eigenvalue weighted by Gasteiger charge is 2.28. The number of para-hydroxylation sites is 1. The van der Waals surface area contributed by atoms with Crippen LogP contribution in [0.2, 0.25) is 0 Å². The van der Waals surface area contributed by atoms with Crippen LogP contribution in [0.4, 0.5) is 0 Å². The fourth-order valence-corrected chi connectivity index (χ4v) is 2.34. The molecule has 1 aliphatic rings. The van der Waals surface area contributed by atoms with E-state index in [1.165, 1.54) is 18.2 Å². The molecule has 21 heavy (non-hydrogen) atoms. The summed E-state index contributed by atoms with van der Waals surface area (Å²) in [7, 11) is 0. The Morgan fingerprint density at radius 3 is 2.33 bits per heavy atom. The van der Waals surface area contributed by atoms with Crippen molar-refractivity contribution in [3.63, 3.8) is 0 Å². The number of amides is 1. The number of carbonyl (C=O) groups is 2. The lowest BCUT2D eigenvalue weighted by Gasteiger charge is -2.36. The molecule has 7 heteroatoms. The summed E-state index contributed by atoms with van der Waals surface area (Å²) >= 11 is 0. The molecule has 1 atom stereocenters. The van der Waals surface area contributed by atoms with Crippen LogP contribution < -0.4 is 0 Å². The number of carboxylic acids is 1. The summed E-state index contributed by atoms with van der Waals surface area (Å²) in [6.45, 7) is 3.29. The lowest BCUT2D eigenvalue weighted by molar-refractivity contribution is -0.143. The van der Waals surface area contributed by atoms with Crippen molar-refractivity contribution in [3.05, 3.63) is 23.8 Å². The van der Waals surface area contributed by atoms with Gasteiger partial charge in [0.05, 0.1) is 5.56 Å². The molecule has 0 spiro atoms. The number of hydrogen-bond acceptors (Lipinski definition) is 5. The maximum absolute atomic E-state index is 12.3. The van der Waals surface area contributed by atoms with E-state index in [0.717, 1.165) is 0 Å². The van der Waals surface area contributed by atoms with E-state index in [9.17, 15) is 19.8 Å². The van der Waals surface area contributed by atoms with Crippen molar-refractivity contribution in [2.75, 3.05) is 26.2 Å². The third-order valence-corrected chi connectivity index (χ3v) is 3.75. The number of carbonyl (C=O) groups excluding carboxylic acids is 1. The van der Waals surface area contributed by atoms with Gasteiger partial charge in [0.1, 0.15) is 6.04 Å². The molecule has 2 rings (SSSR count). The van der Waals surface area contributed by atoms with Gasteiger partial charge in [-0.15, -0.1) is 0 Å². The van der Waals surface area contributed by atoms with Crippen LogP contribution in [0, 0.1) is 0 Å². The van der Waals surface area contributed by atoms with Crippen LogP contribution in [0.1, 0.15) is 17.3 Å². The topological polar surface area (TPSA) is 101 Å². The number of aromatic hydroxyl groups is 2. The van der Waals surface area contributed by atoms with E-state index >= 15 is 0 Å². The maximum Gasteiger partial charge on any atom is 0.320 e. The molecule has 0 saturated carbocycles. The summed E-state index contributed by atoms with van der Waals surface area (Å²) in [4.78, 5) is 26.6. The number of phenolic OH excluding ortho intramolecular Hbond substituents is 2. The van der Waals surface area contributed by atoms with Crippen LogP contribution in [0.3, 0.4) is 0 Å². The predicted octanol–water partition coefficient (Wildman–Crippen LogP) is 0.329. The van der Waals surface area contributed by atoms with Gasteiger partial charge in [0, 0.05) is 26.2 Å². The second-order valence-corrected chi connectivity index (χ2v) is 5.02. The van der Waals surface area contributed by atoms with Crippen LogP contribution in [0.15, 0.2) is 18.2 Å². The molecule has 1 aromatic carbocycles. The highest BCUT2D eigenvalue weighted by Crippen LogP contribution is 2.29. The minimum atomic E-state index is -0.889. The highest BCUT2D eigenvalue weighted by molar-refractivity contribution is 5.97. The van der Waals surface area contributed by atoms with Crippen LogP contribution in [-0.2, 0) is 4.79 Å². The van der Waals surface area contributed by atoms with Gasteiger partial charge in [-0.3, -0.25) is 14.5 Å². The van der Waals surface area contributed by atoms with Gasteiger partial charge in [0.2, 0.25) is 0 Å². The molecule has 7 nitrogen and oxygen atoms in total. The SMILES string of the molecule is CC(C(=O)O)N1CCN(C(=O)c2cccc(O)c2O)CC1. The smallest absolute Gasteiger partial charge is 0.320 e. The average Bonchev–Trinajstić information content (AvgIpc) is 2.48. The summed E-state index contributed by atoms with van der Waals surface area (Å²) in [6.07, 6.45) is 0. The molecule has 0 aromatic heterocycles.